The van der Waals surface area contributed by atoms with Crippen LogP contribution in [0.15, 0.2) is 83.3 Å². The largest absolute Gasteiger partial charge is 0.273 e. The minimum absolute atomic E-state index is 0.0273. The highest BCUT2D eigenvalue weighted by Gasteiger charge is 2.60. The second-order valence-electron chi connectivity index (χ2n) is 6.21. The third kappa shape index (κ3) is 3.01. The van der Waals surface area contributed by atoms with Gasteiger partial charge in [0.2, 0.25) is 5.91 Å². The quantitative estimate of drug-likeness (QED) is 0.546. The zero-order valence-electron chi connectivity index (χ0n) is 13.6. The van der Waals surface area contributed by atoms with Crippen LogP contribution in [0.5, 0.6) is 0 Å². The molecule has 1 heterocycles. The van der Waals surface area contributed by atoms with E-state index in [9.17, 15) is 4.79 Å². The lowest BCUT2D eigenvalue weighted by molar-refractivity contribution is -0.122. The summed E-state index contributed by atoms with van der Waals surface area (Å²) < 4.78 is 0. The number of hydrazone groups is 1. The van der Waals surface area contributed by atoms with Gasteiger partial charge in [0.25, 0.3) is 0 Å². The molecule has 25 heavy (non-hydrogen) atoms. The molecule has 1 aliphatic carbocycles. The Kier molecular flexibility index (Phi) is 4.20. The van der Waals surface area contributed by atoms with E-state index < -0.39 is 0 Å². The molecule has 4 heteroatoms. The Morgan fingerprint density at radius 2 is 1.64 bits per heavy atom. The molecule has 3 aromatic rings. The van der Waals surface area contributed by atoms with Crippen molar-refractivity contribution in [2.24, 2.45) is 11.0 Å². The molecule has 3 nitrogen and oxygen atoms in total. The molecule has 4 rings (SSSR count). The first-order valence-electron chi connectivity index (χ1n) is 8.28. The first kappa shape index (κ1) is 15.8. The number of amides is 1. The van der Waals surface area contributed by atoms with Gasteiger partial charge in [0.05, 0.1) is 12.1 Å². The molecule has 1 fully saturated rings. The zero-order valence-corrected chi connectivity index (χ0v) is 14.4. The van der Waals surface area contributed by atoms with E-state index in [2.05, 4.69) is 34.8 Å². The van der Waals surface area contributed by atoms with E-state index in [1.807, 2.05) is 53.9 Å². The lowest BCUT2D eigenvalue weighted by Crippen LogP contribution is -2.25. The Labute approximate surface area is 151 Å². The Morgan fingerprint density at radius 1 is 1.00 bits per heavy atom. The van der Waals surface area contributed by atoms with Crippen molar-refractivity contribution in [1.29, 1.82) is 0 Å². The number of rotatable bonds is 5. The number of hydrogen-bond donors (Lipinski definition) is 1. The summed E-state index contributed by atoms with van der Waals surface area (Å²) in [5, 5.41) is 6.10. The fourth-order valence-electron chi connectivity index (χ4n) is 3.46. The smallest absolute Gasteiger partial charge is 0.244 e. The number of nitrogens with one attached hydrogen (secondary N) is 1. The number of carbonyl (C=O) groups excluding carboxylic acids is 1. The predicted molar refractivity (Wildman–Crippen MR) is 102 cm³/mol. The first-order valence-corrected chi connectivity index (χ1v) is 9.16. The van der Waals surface area contributed by atoms with Crippen LogP contribution in [0.1, 0.15) is 22.4 Å². The maximum absolute atomic E-state index is 12.7. The van der Waals surface area contributed by atoms with E-state index in [-0.39, 0.29) is 17.2 Å². The molecule has 1 aromatic heterocycles. The van der Waals surface area contributed by atoms with Gasteiger partial charge in [-0.15, -0.1) is 11.3 Å². The zero-order chi connectivity index (χ0) is 17.1. The fraction of sp³-hybridized carbons (Fsp3) is 0.143. The average Bonchev–Trinajstić information content (AvgIpc) is 3.23. The second kappa shape index (κ2) is 6.65. The lowest BCUT2D eigenvalue weighted by atomic mass is 9.85. The van der Waals surface area contributed by atoms with Crippen LogP contribution in [-0.4, -0.2) is 12.1 Å². The molecule has 1 amide bonds. The Balaban J connectivity index is 1.57. The molecule has 1 unspecified atom stereocenters. The third-order valence-electron chi connectivity index (χ3n) is 4.76. The minimum atomic E-state index is -0.245. The van der Waals surface area contributed by atoms with Gasteiger partial charge in [0.1, 0.15) is 0 Å². The van der Waals surface area contributed by atoms with Gasteiger partial charge in [-0.05, 0) is 29.0 Å². The van der Waals surface area contributed by atoms with Gasteiger partial charge in [-0.2, -0.15) is 5.10 Å². The molecule has 0 aliphatic heterocycles. The van der Waals surface area contributed by atoms with Gasteiger partial charge in [-0.25, -0.2) is 5.43 Å². The van der Waals surface area contributed by atoms with E-state index in [0.29, 0.717) is 0 Å². The molecule has 1 N–H and O–H groups in total. The molecular weight excluding hydrogens is 328 g/mol. The van der Waals surface area contributed by atoms with Crippen LogP contribution in [0.25, 0.3) is 0 Å². The molecule has 1 saturated carbocycles. The summed E-state index contributed by atoms with van der Waals surface area (Å²) in [7, 11) is 0. The summed E-state index contributed by atoms with van der Waals surface area (Å²) in [6.07, 6.45) is 2.50. The second-order valence-corrected chi connectivity index (χ2v) is 7.19. The summed E-state index contributed by atoms with van der Waals surface area (Å²) in [5.74, 6) is -0.127. The maximum Gasteiger partial charge on any atom is 0.244 e. The van der Waals surface area contributed by atoms with Crippen LogP contribution in [0, 0.1) is 5.92 Å². The highest BCUT2D eigenvalue weighted by Crippen LogP contribution is 2.58. The normalized spacial score (nSPS) is 18.2. The summed E-state index contributed by atoms with van der Waals surface area (Å²) in [6, 6.07) is 24.5. The van der Waals surface area contributed by atoms with Crippen molar-refractivity contribution in [3.8, 4) is 0 Å². The number of thiophene rings is 1. The van der Waals surface area contributed by atoms with Gasteiger partial charge in [-0.1, -0.05) is 66.7 Å². The van der Waals surface area contributed by atoms with Crippen LogP contribution in [0.4, 0.5) is 0 Å². The van der Waals surface area contributed by atoms with Crippen molar-refractivity contribution in [1.82, 2.24) is 5.43 Å². The fourth-order valence-corrected chi connectivity index (χ4v) is 4.04. The average molecular weight is 346 g/mol. The van der Waals surface area contributed by atoms with Gasteiger partial charge in [0.15, 0.2) is 0 Å². The number of hydrogen-bond acceptors (Lipinski definition) is 3. The SMILES string of the molecule is O=C(NN=Cc1cccs1)C1CC1(c1ccccc1)c1ccccc1. The maximum atomic E-state index is 12.7. The molecule has 0 spiro atoms. The van der Waals surface area contributed by atoms with Crippen LogP contribution in [0.3, 0.4) is 0 Å². The van der Waals surface area contributed by atoms with E-state index in [1.54, 1.807) is 17.6 Å². The number of nitrogens with zero attached hydrogens (tertiary/aromatic N) is 1. The van der Waals surface area contributed by atoms with E-state index in [1.165, 1.54) is 11.1 Å². The Bertz CT molecular complexity index is 833. The molecular formula is C21H18N2OS. The van der Waals surface area contributed by atoms with Gasteiger partial charge in [0, 0.05) is 10.3 Å². The van der Waals surface area contributed by atoms with Gasteiger partial charge >= 0.3 is 0 Å². The van der Waals surface area contributed by atoms with Crippen LogP contribution < -0.4 is 5.43 Å². The van der Waals surface area contributed by atoms with Crippen LogP contribution >= 0.6 is 11.3 Å². The lowest BCUT2D eigenvalue weighted by Gasteiger charge is -2.18. The van der Waals surface area contributed by atoms with Crippen molar-refractivity contribution >= 4 is 23.5 Å². The highest BCUT2D eigenvalue weighted by atomic mass is 32.1. The summed E-state index contributed by atoms with van der Waals surface area (Å²) in [5.41, 5.74) is 4.84. The third-order valence-corrected chi connectivity index (χ3v) is 5.57. The standard InChI is InChI=1S/C21H18N2OS/c24-20(23-22-15-18-12-7-13-25-18)19-14-21(19,16-8-3-1-4-9-16)17-10-5-2-6-11-17/h1-13,15,19H,14H2,(H,23,24). The highest BCUT2D eigenvalue weighted by molar-refractivity contribution is 7.11. The molecule has 0 saturated heterocycles. The molecule has 0 bridgehead atoms. The number of benzene rings is 2. The van der Waals surface area contributed by atoms with Crippen molar-refractivity contribution < 1.29 is 4.79 Å². The van der Waals surface area contributed by atoms with E-state index in [4.69, 9.17) is 0 Å². The molecule has 2 aromatic carbocycles. The van der Waals surface area contributed by atoms with Crippen LogP contribution in [0.2, 0.25) is 0 Å². The Hall–Kier alpha value is -2.72. The topological polar surface area (TPSA) is 41.5 Å². The minimum Gasteiger partial charge on any atom is -0.273 e. The van der Waals surface area contributed by atoms with Gasteiger partial charge < -0.3 is 0 Å². The molecule has 0 radical (unpaired) electrons. The van der Waals surface area contributed by atoms with Gasteiger partial charge in [-0.3, -0.25) is 4.79 Å². The summed E-state index contributed by atoms with van der Waals surface area (Å²) >= 11 is 1.59. The van der Waals surface area contributed by atoms with Crippen LogP contribution in [-0.2, 0) is 10.2 Å². The monoisotopic (exact) mass is 346 g/mol. The van der Waals surface area contributed by atoms with Crippen molar-refractivity contribution in [2.75, 3.05) is 0 Å². The van der Waals surface area contributed by atoms with Crippen molar-refractivity contribution in [3.05, 3.63) is 94.2 Å². The Morgan fingerprint density at radius 3 is 2.20 bits per heavy atom. The summed E-state index contributed by atoms with van der Waals surface area (Å²) in [4.78, 5) is 13.7. The van der Waals surface area contributed by atoms with Crippen molar-refractivity contribution in [2.45, 2.75) is 11.8 Å². The molecule has 1 atom stereocenters. The van der Waals surface area contributed by atoms with Crippen molar-refractivity contribution in [3.63, 3.8) is 0 Å². The van der Waals surface area contributed by atoms with E-state index >= 15 is 0 Å². The summed E-state index contributed by atoms with van der Waals surface area (Å²) in [6.45, 7) is 0. The molecule has 1 aliphatic rings. The predicted octanol–water partition coefficient (Wildman–Crippen LogP) is 4.20. The number of carbonyl (C=O) groups is 1. The first-order chi connectivity index (χ1) is 12.3. The molecule has 124 valence electrons. The van der Waals surface area contributed by atoms with E-state index in [0.717, 1.165) is 11.3 Å².